The van der Waals surface area contributed by atoms with Crippen LogP contribution in [0.2, 0.25) is 0 Å². The third-order valence-electron chi connectivity index (χ3n) is 3.53. The van der Waals surface area contributed by atoms with E-state index in [-0.39, 0.29) is 23.8 Å². The largest absolute Gasteiger partial charge is 0.493 e. The number of amides is 1. The van der Waals surface area contributed by atoms with Crippen molar-refractivity contribution in [3.8, 4) is 11.5 Å². The van der Waals surface area contributed by atoms with E-state index in [4.69, 9.17) is 14.2 Å². The number of carbonyl (C=O) groups excluding carboxylic acids is 2. The molecule has 2 aromatic rings. The molecular weight excluding hydrogens is 322 g/mol. The van der Waals surface area contributed by atoms with Crippen LogP contribution in [-0.2, 0) is 16.1 Å². The molecule has 0 spiro atoms. The van der Waals surface area contributed by atoms with E-state index in [9.17, 15) is 9.59 Å². The van der Waals surface area contributed by atoms with Crippen molar-refractivity contribution < 1.29 is 23.8 Å². The molecule has 0 aliphatic carbocycles. The lowest BCUT2D eigenvalue weighted by atomic mass is 10.1. The maximum atomic E-state index is 12.2. The normalized spacial score (nSPS) is 10.0. The number of ether oxygens (including phenoxy) is 3. The SMILES string of the molecule is COc1cccc(C(=O)OCC(=O)NCc2cccc(C)c2)c1OC. The third kappa shape index (κ3) is 4.97. The first-order valence-electron chi connectivity index (χ1n) is 7.75. The molecule has 6 heteroatoms. The van der Waals surface area contributed by atoms with Crippen LogP contribution in [-0.4, -0.2) is 32.7 Å². The molecule has 0 fully saturated rings. The lowest BCUT2D eigenvalue weighted by Gasteiger charge is -2.12. The molecule has 0 heterocycles. The van der Waals surface area contributed by atoms with Crippen molar-refractivity contribution in [2.45, 2.75) is 13.5 Å². The van der Waals surface area contributed by atoms with Gasteiger partial charge in [0, 0.05) is 6.54 Å². The lowest BCUT2D eigenvalue weighted by Crippen LogP contribution is -2.28. The van der Waals surface area contributed by atoms with Gasteiger partial charge in [0.15, 0.2) is 18.1 Å². The number of hydrogen-bond acceptors (Lipinski definition) is 5. The van der Waals surface area contributed by atoms with Crippen LogP contribution in [0, 0.1) is 6.92 Å². The van der Waals surface area contributed by atoms with E-state index in [1.165, 1.54) is 14.2 Å². The summed E-state index contributed by atoms with van der Waals surface area (Å²) in [6.07, 6.45) is 0. The molecule has 2 rings (SSSR count). The molecule has 1 amide bonds. The fourth-order valence-electron chi connectivity index (χ4n) is 2.33. The van der Waals surface area contributed by atoms with Crippen LogP contribution in [0.5, 0.6) is 11.5 Å². The van der Waals surface area contributed by atoms with E-state index < -0.39 is 5.97 Å². The van der Waals surface area contributed by atoms with Crippen LogP contribution in [0.15, 0.2) is 42.5 Å². The van der Waals surface area contributed by atoms with E-state index in [1.807, 2.05) is 31.2 Å². The number of methoxy groups -OCH3 is 2. The molecule has 0 unspecified atom stereocenters. The van der Waals surface area contributed by atoms with Crippen molar-refractivity contribution in [2.75, 3.05) is 20.8 Å². The van der Waals surface area contributed by atoms with Gasteiger partial charge in [-0.3, -0.25) is 4.79 Å². The first-order chi connectivity index (χ1) is 12.0. The zero-order chi connectivity index (χ0) is 18.2. The third-order valence-corrected chi connectivity index (χ3v) is 3.53. The Labute approximate surface area is 146 Å². The second kappa shape index (κ2) is 8.73. The molecule has 2 aromatic carbocycles. The molecule has 25 heavy (non-hydrogen) atoms. The summed E-state index contributed by atoms with van der Waals surface area (Å²) in [4.78, 5) is 24.0. The molecule has 0 saturated heterocycles. The minimum absolute atomic E-state index is 0.202. The highest BCUT2D eigenvalue weighted by atomic mass is 16.5. The van der Waals surface area contributed by atoms with Crippen LogP contribution in [0.25, 0.3) is 0 Å². The van der Waals surface area contributed by atoms with Crippen molar-refractivity contribution in [2.24, 2.45) is 0 Å². The van der Waals surface area contributed by atoms with Gasteiger partial charge in [-0.1, -0.05) is 35.9 Å². The molecular formula is C19H21NO5. The van der Waals surface area contributed by atoms with Gasteiger partial charge >= 0.3 is 5.97 Å². The summed E-state index contributed by atoms with van der Waals surface area (Å²) in [7, 11) is 2.91. The highest BCUT2D eigenvalue weighted by molar-refractivity contribution is 5.94. The van der Waals surface area contributed by atoms with Crippen molar-refractivity contribution in [3.05, 3.63) is 59.2 Å². The standard InChI is InChI=1S/C19H21NO5/c1-13-6-4-7-14(10-13)11-20-17(21)12-25-19(22)15-8-5-9-16(23-2)18(15)24-3/h4-10H,11-12H2,1-3H3,(H,20,21). The van der Waals surface area contributed by atoms with E-state index in [2.05, 4.69) is 5.32 Å². The zero-order valence-electron chi connectivity index (χ0n) is 14.5. The van der Waals surface area contributed by atoms with Gasteiger partial charge < -0.3 is 19.5 Å². The molecule has 6 nitrogen and oxygen atoms in total. The van der Waals surface area contributed by atoms with Gasteiger partial charge in [0.25, 0.3) is 5.91 Å². The molecule has 0 radical (unpaired) electrons. The number of nitrogens with one attached hydrogen (secondary N) is 1. The Balaban J connectivity index is 1.90. The number of hydrogen-bond donors (Lipinski definition) is 1. The summed E-state index contributed by atoms with van der Waals surface area (Å²) in [6.45, 7) is 1.99. The minimum Gasteiger partial charge on any atom is -0.493 e. The number of benzene rings is 2. The van der Waals surface area contributed by atoms with E-state index >= 15 is 0 Å². The van der Waals surface area contributed by atoms with Crippen LogP contribution in [0.3, 0.4) is 0 Å². The van der Waals surface area contributed by atoms with Gasteiger partial charge in [0.1, 0.15) is 5.56 Å². The topological polar surface area (TPSA) is 73.9 Å². The average molecular weight is 343 g/mol. The fraction of sp³-hybridized carbons (Fsp3) is 0.263. The molecule has 1 N–H and O–H groups in total. The Morgan fingerprint density at radius 2 is 1.80 bits per heavy atom. The number of carbonyl (C=O) groups is 2. The van der Waals surface area contributed by atoms with Crippen LogP contribution in [0.4, 0.5) is 0 Å². The lowest BCUT2D eigenvalue weighted by molar-refractivity contribution is -0.124. The Morgan fingerprint density at radius 1 is 1.04 bits per heavy atom. The average Bonchev–Trinajstić information content (AvgIpc) is 2.63. The predicted octanol–water partition coefficient (Wildman–Crippen LogP) is 2.49. The minimum atomic E-state index is -0.651. The second-order valence-corrected chi connectivity index (χ2v) is 5.38. The Bertz CT molecular complexity index is 757. The molecule has 0 atom stereocenters. The van der Waals surface area contributed by atoms with Crippen LogP contribution in [0.1, 0.15) is 21.5 Å². The van der Waals surface area contributed by atoms with Gasteiger partial charge in [0.05, 0.1) is 14.2 Å². The van der Waals surface area contributed by atoms with Gasteiger partial charge in [0.2, 0.25) is 0 Å². The quantitative estimate of drug-likeness (QED) is 0.782. The van der Waals surface area contributed by atoms with Gasteiger partial charge in [-0.25, -0.2) is 4.79 Å². The Hall–Kier alpha value is -3.02. The summed E-state index contributed by atoms with van der Waals surface area (Å²) in [5.74, 6) is -0.339. The molecule has 0 aliphatic rings. The van der Waals surface area contributed by atoms with Gasteiger partial charge in [-0.15, -0.1) is 0 Å². The predicted molar refractivity (Wildman–Crippen MR) is 92.9 cm³/mol. The molecule has 0 bridgehead atoms. The monoisotopic (exact) mass is 343 g/mol. The van der Waals surface area contributed by atoms with Crippen molar-refractivity contribution in [1.29, 1.82) is 0 Å². The number of aryl methyl sites for hydroxylation is 1. The van der Waals surface area contributed by atoms with E-state index in [0.717, 1.165) is 11.1 Å². The second-order valence-electron chi connectivity index (χ2n) is 5.38. The fourth-order valence-corrected chi connectivity index (χ4v) is 2.33. The maximum absolute atomic E-state index is 12.2. The van der Waals surface area contributed by atoms with Gasteiger partial charge in [-0.05, 0) is 24.6 Å². The maximum Gasteiger partial charge on any atom is 0.342 e. The Kier molecular flexibility index (Phi) is 6.39. The van der Waals surface area contributed by atoms with Crippen molar-refractivity contribution in [1.82, 2.24) is 5.32 Å². The van der Waals surface area contributed by atoms with Gasteiger partial charge in [-0.2, -0.15) is 0 Å². The van der Waals surface area contributed by atoms with Crippen LogP contribution < -0.4 is 14.8 Å². The molecule has 0 aromatic heterocycles. The molecule has 0 aliphatic heterocycles. The molecule has 0 saturated carbocycles. The summed E-state index contributed by atoms with van der Waals surface area (Å²) in [5, 5.41) is 2.71. The van der Waals surface area contributed by atoms with E-state index in [1.54, 1.807) is 18.2 Å². The van der Waals surface area contributed by atoms with Crippen LogP contribution >= 0.6 is 0 Å². The highest BCUT2D eigenvalue weighted by Crippen LogP contribution is 2.30. The number of rotatable bonds is 7. The summed E-state index contributed by atoms with van der Waals surface area (Å²) < 4.78 is 15.4. The highest BCUT2D eigenvalue weighted by Gasteiger charge is 2.18. The summed E-state index contributed by atoms with van der Waals surface area (Å²) in [6, 6.07) is 12.7. The summed E-state index contributed by atoms with van der Waals surface area (Å²) in [5.41, 5.74) is 2.30. The Morgan fingerprint density at radius 3 is 2.48 bits per heavy atom. The number of para-hydroxylation sites is 1. The first kappa shape index (κ1) is 18.3. The smallest absolute Gasteiger partial charge is 0.342 e. The molecule has 132 valence electrons. The number of esters is 1. The zero-order valence-corrected chi connectivity index (χ0v) is 14.5. The van der Waals surface area contributed by atoms with Crippen molar-refractivity contribution in [3.63, 3.8) is 0 Å². The van der Waals surface area contributed by atoms with Crippen molar-refractivity contribution >= 4 is 11.9 Å². The van der Waals surface area contributed by atoms with E-state index in [0.29, 0.717) is 12.3 Å². The first-order valence-corrected chi connectivity index (χ1v) is 7.75. The summed E-state index contributed by atoms with van der Waals surface area (Å²) >= 11 is 0.